The quantitative estimate of drug-likeness (QED) is 0.208. The first-order valence-corrected chi connectivity index (χ1v) is 12.7. The van der Waals surface area contributed by atoms with E-state index in [1.165, 1.54) is 30.6 Å². The number of thiophene rings is 1. The van der Waals surface area contributed by atoms with Gasteiger partial charge in [-0.2, -0.15) is 0 Å². The number of para-hydroxylation sites is 1. The molecular formula is C29H24FN3O4S. The lowest BCUT2D eigenvalue weighted by Crippen LogP contribution is -2.13. The topological polar surface area (TPSA) is 83.3 Å². The van der Waals surface area contributed by atoms with E-state index in [0.717, 1.165) is 26.4 Å². The maximum atomic E-state index is 15.0. The maximum Gasteiger partial charge on any atom is 0.166 e. The number of hydrogen-bond donors (Lipinski definition) is 0. The highest BCUT2D eigenvalue weighted by atomic mass is 32.1. The van der Waals surface area contributed by atoms with Crippen LogP contribution in [0.2, 0.25) is 0 Å². The van der Waals surface area contributed by atoms with Gasteiger partial charge in [0, 0.05) is 43.9 Å². The molecule has 0 spiro atoms. The minimum atomic E-state index is -0.595. The van der Waals surface area contributed by atoms with Crippen molar-refractivity contribution in [3.05, 3.63) is 90.3 Å². The van der Waals surface area contributed by atoms with Gasteiger partial charge in [-0.1, -0.05) is 24.3 Å². The summed E-state index contributed by atoms with van der Waals surface area (Å²) in [6, 6.07) is 15.2. The fraction of sp³-hybridized carbons (Fsp3) is 0.172. The van der Waals surface area contributed by atoms with Gasteiger partial charge in [0.25, 0.3) is 0 Å². The predicted octanol–water partition coefficient (Wildman–Crippen LogP) is 5.95. The zero-order valence-electron chi connectivity index (χ0n) is 20.8. The molecule has 5 rings (SSSR count). The van der Waals surface area contributed by atoms with E-state index in [4.69, 9.17) is 9.47 Å². The fourth-order valence-corrected chi connectivity index (χ4v) is 5.18. The van der Waals surface area contributed by atoms with E-state index in [-0.39, 0.29) is 36.6 Å². The number of aryl methyl sites for hydroxylation is 1. The van der Waals surface area contributed by atoms with Gasteiger partial charge in [0.1, 0.15) is 23.1 Å². The second-order valence-corrected chi connectivity index (χ2v) is 9.90. The molecule has 0 fully saturated rings. The van der Waals surface area contributed by atoms with Gasteiger partial charge in [-0.25, -0.2) is 9.37 Å². The minimum absolute atomic E-state index is 0.0359. The highest BCUT2D eigenvalue weighted by molar-refractivity contribution is 7.22. The summed E-state index contributed by atoms with van der Waals surface area (Å²) in [7, 11) is 3.43. The van der Waals surface area contributed by atoms with Crippen molar-refractivity contribution in [2.45, 2.75) is 19.3 Å². The number of halogens is 1. The van der Waals surface area contributed by atoms with Crippen molar-refractivity contribution in [3.63, 3.8) is 0 Å². The van der Waals surface area contributed by atoms with Crippen LogP contribution in [-0.4, -0.2) is 33.2 Å². The molecule has 0 saturated carbocycles. The first kappa shape index (κ1) is 25.3. The Morgan fingerprint density at radius 1 is 0.974 bits per heavy atom. The molecule has 0 aliphatic carbocycles. The highest BCUT2D eigenvalue weighted by Crippen LogP contribution is 2.39. The molecule has 0 N–H and O–H groups in total. The van der Waals surface area contributed by atoms with E-state index in [9.17, 15) is 14.0 Å². The molecule has 0 atom stereocenters. The molecule has 5 aromatic rings. The minimum Gasteiger partial charge on any atom is -0.496 e. The Balaban J connectivity index is 1.25. The summed E-state index contributed by atoms with van der Waals surface area (Å²) in [5.74, 6) is 0.0210. The van der Waals surface area contributed by atoms with Crippen molar-refractivity contribution in [3.8, 4) is 27.8 Å². The van der Waals surface area contributed by atoms with Crippen molar-refractivity contribution >= 4 is 33.1 Å². The van der Waals surface area contributed by atoms with Crippen LogP contribution in [0.1, 0.15) is 17.5 Å². The van der Waals surface area contributed by atoms with Crippen molar-refractivity contribution < 1.29 is 23.5 Å². The number of hydrogen-bond acceptors (Lipinski definition) is 7. The number of fused-ring (bicyclic) bond motifs is 1. The zero-order valence-corrected chi connectivity index (χ0v) is 21.6. The van der Waals surface area contributed by atoms with Crippen molar-refractivity contribution in [1.29, 1.82) is 0 Å². The number of methoxy groups -OCH3 is 1. The number of carbonyl (C=O) groups excluding carboxylic acids is 2. The number of rotatable bonds is 10. The summed E-state index contributed by atoms with van der Waals surface area (Å²) in [4.78, 5) is 34.6. The van der Waals surface area contributed by atoms with Crippen LogP contribution in [0.15, 0.2) is 73.3 Å². The van der Waals surface area contributed by atoms with Crippen LogP contribution in [-0.2, 0) is 29.5 Å². The molecule has 0 bridgehead atoms. The van der Waals surface area contributed by atoms with Crippen LogP contribution in [0.3, 0.4) is 0 Å². The molecule has 0 aliphatic rings. The third-order valence-corrected chi connectivity index (χ3v) is 7.09. The van der Waals surface area contributed by atoms with Crippen molar-refractivity contribution in [1.82, 2.24) is 14.5 Å². The van der Waals surface area contributed by atoms with Crippen LogP contribution in [0, 0.1) is 5.82 Å². The second-order valence-electron chi connectivity index (χ2n) is 8.84. The average molecular weight is 530 g/mol. The number of carbonyl (C=O) groups is 2. The molecule has 0 amide bonds. The average Bonchev–Trinajstić information content (AvgIpc) is 3.52. The van der Waals surface area contributed by atoms with Crippen molar-refractivity contribution in [2.24, 2.45) is 7.05 Å². The summed E-state index contributed by atoms with van der Waals surface area (Å²) in [5, 5.41) is 0. The summed E-state index contributed by atoms with van der Waals surface area (Å²) in [6.45, 7) is 0. The van der Waals surface area contributed by atoms with E-state index in [0.29, 0.717) is 17.1 Å². The van der Waals surface area contributed by atoms with Crippen LogP contribution < -0.4 is 9.47 Å². The standard InChI is InChI=1S/C29H24FN3O4S/c1-33-16-24(32-17-33)28-15-23-29(38-28)27(9-10-31-23)37-26-8-7-18(12-22(26)30)11-20(34)14-21(35)13-19-5-3-4-6-25(19)36-2/h3-10,12,15-17H,11,13-14H2,1-2H3. The van der Waals surface area contributed by atoms with E-state index >= 15 is 0 Å². The fourth-order valence-electron chi connectivity index (χ4n) is 4.15. The van der Waals surface area contributed by atoms with Crippen molar-refractivity contribution in [2.75, 3.05) is 7.11 Å². The molecule has 0 radical (unpaired) electrons. The van der Waals surface area contributed by atoms with E-state index in [1.54, 1.807) is 36.8 Å². The summed E-state index contributed by atoms with van der Waals surface area (Å²) >= 11 is 1.47. The van der Waals surface area contributed by atoms with Gasteiger partial charge in [0.15, 0.2) is 11.6 Å². The molecule has 7 nitrogen and oxygen atoms in total. The van der Waals surface area contributed by atoms with Crippen LogP contribution in [0.5, 0.6) is 17.2 Å². The normalized spacial score (nSPS) is 11.0. The molecule has 2 aromatic carbocycles. The van der Waals surface area contributed by atoms with Gasteiger partial charge < -0.3 is 14.0 Å². The molecule has 0 unspecified atom stereocenters. The van der Waals surface area contributed by atoms with Gasteiger partial charge in [-0.05, 0) is 29.8 Å². The van der Waals surface area contributed by atoms with Gasteiger partial charge >= 0.3 is 0 Å². The number of imidazole rings is 1. The Kier molecular flexibility index (Phi) is 7.28. The first-order chi connectivity index (χ1) is 18.4. The molecule has 9 heteroatoms. The number of ketones is 2. The summed E-state index contributed by atoms with van der Waals surface area (Å²) in [6.07, 6.45) is 5.07. The summed E-state index contributed by atoms with van der Waals surface area (Å²) < 4.78 is 28.8. The first-order valence-electron chi connectivity index (χ1n) is 11.9. The van der Waals surface area contributed by atoms with Gasteiger partial charge in [0.2, 0.25) is 0 Å². The van der Waals surface area contributed by atoms with E-state index in [2.05, 4.69) is 9.97 Å². The zero-order chi connectivity index (χ0) is 26.6. The lowest BCUT2D eigenvalue weighted by atomic mass is 10.0. The number of benzene rings is 2. The Morgan fingerprint density at radius 2 is 1.79 bits per heavy atom. The lowest BCUT2D eigenvalue weighted by molar-refractivity contribution is -0.126. The van der Waals surface area contributed by atoms with Crippen LogP contribution in [0.4, 0.5) is 4.39 Å². The summed E-state index contributed by atoms with van der Waals surface area (Å²) in [5.41, 5.74) is 2.75. The molecule has 0 saturated heterocycles. The third kappa shape index (κ3) is 5.63. The number of Topliss-reactive ketones (excluding diaryl/α,β-unsaturated/α-hetero) is 2. The van der Waals surface area contributed by atoms with Gasteiger partial charge in [-0.3, -0.25) is 14.6 Å². The molecular weight excluding hydrogens is 505 g/mol. The molecule has 3 heterocycles. The van der Waals surface area contributed by atoms with Gasteiger partial charge in [-0.15, -0.1) is 11.3 Å². The smallest absolute Gasteiger partial charge is 0.166 e. The number of pyridine rings is 1. The lowest BCUT2D eigenvalue weighted by Gasteiger charge is -2.09. The monoisotopic (exact) mass is 529 g/mol. The highest BCUT2D eigenvalue weighted by Gasteiger charge is 2.16. The molecule has 192 valence electrons. The van der Waals surface area contributed by atoms with E-state index < -0.39 is 5.82 Å². The number of ether oxygens (including phenoxy) is 2. The predicted molar refractivity (Wildman–Crippen MR) is 143 cm³/mol. The Morgan fingerprint density at radius 3 is 2.55 bits per heavy atom. The maximum absolute atomic E-state index is 15.0. The second kappa shape index (κ2) is 10.9. The van der Waals surface area contributed by atoms with Gasteiger partial charge in [0.05, 0.1) is 40.6 Å². The molecule has 0 aliphatic heterocycles. The Hall–Kier alpha value is -4.37. The number of aromatic nitrogens is 3. The molecule has 38 heavy (non-hydrogen) atoms. The molecule has 3 aromatic heterocycles. The Bertz CT molecular complexity index is 1640. The third-order valence-electron chi connectivity index (χ3n) is 5.93. The number of nitrogens with zero attached hydrogens (tertiary/aromatic N) is 3. The Labute approximate surface area is 222 Å². The van der Waals surface area contributed by atoms with E-state index in [1.807, 2.05) is 36.0 Å². The van der Waals surface area contributed by atoms with Crippen LogP contribution >= 0.6 is 11.3 Å². The van der Waals surface area contributed by atoms with Crippen LogP contribution in [0.25, 0.3) is 20.8 Å². The SMILES string of the molecule is COc1ccccc1CC(=O)CC(=O)Cc1ccc(Oc2ccnc3cc(-c4cn(C)cn4)sc23)c(F)c1. The largest absolute Gasteiger partial charge is 0.496 e.